The van der Waals surface area contributed by atoms with Crippen molar-refractivity contribution in [3.8, 4) is 5.75 Å². The topological polar surface area (TPSA) is 88.1 Å². The van der Waals surface area contributed by atoms with Crippen LogP contribution in [0.1, 0.15) is 0 Å². The number of hydrogen-bond acceptors (Lipinski definition) is 5. The van der Waals surface area contributed by atoms with Gasteiger partial charge in [-0.3, -0.25) is 9.69 Å². The molecule has 1 aromatic carbocycles. The van der Waals surface area contributed by atoms with E-state index in [1.165, 1.54) is 0 Å². The van der Waals surface area contributed by atoms with Crippen LogP contribution in [0.25, 0.3) is 0 Å². The van der Waals surface area contributed by atoms with Gasteiger partial charge in [0.2, 0.25) is 5.91 Å². The van der Waals surface area contributed by atoms with Crippen LogP contribution in [0, 0.1) is 0 Å². The Labute approximate surface area is 132 Å². The van der Waals surface area contributed by atoms with Crippen molar-refractivity contribution in [1.82, 2.24) is 10.2 Å². The molecule has 0 aliphatic carbocycles. The number of carbonyl (C=O) groups is 2. The Balaban J connectivity index is 1.59. The van der Waals surface area contributed by atoms with Crippen molar-refractivity contribution in [3.05, 3.63) is 29.3 Å². The summed E-state index contributed by atoms with van der Waals surface area (Å²) in [4.78, 5) is 23.6. The molecule has 1 aliphatic heterocycles. The standard InChI is InChI=1S/C14H17ClN2O5/c15-10-1-3-12(4-2-10)22-6-5-21-9-11(18)8-17-13(19)7-16-14(17)20/h1-4,11,18H,5-9H2,(H,16,20). The van der Waals surface area contributed by atoms with E-state index in [9.17, 15) is 14.7 Å². The number of benzene rings is 1. The van der Waals surface area contributed by atoms with Gasteiger partial charge in [0, 0.05) is 5.02 Å². The summed E-state index contributed by atoms with van der Waals surface area (Å²) in [7, 11) is 0. The molecule has 1 unspecified atom stereocenters. The first-order valence-corrected chi connectivity index (χ1v) is 7.16. The zero-order valence-electron chi connectivity index (χ0n) is 11.8. The number of urea groups is 1. The molecule has 22 heavy (non-hydrogen) atoms. The molecule has 1 saturated heterocycles. The van der Waals surface area contributed by atoms with Crippen LogP contribution in [-0.4, -0.2) is 61.0 Å². The molecule has 0 saturated carbocycles. The number of carbonyl (C=O) groups excluding carboxylic acids is 2. The van der Waals surface area contributed by atoms with Crippen LogP contribution < -0.4 is 10.1 Å². The van der Waals surface area contributed by atoms with E-state index in [2.05, 4.69) is 5.32 Å². The van der Waals surface area contributed by atoms with E-state index in [0.717, 1.165) is 4.90 Å². The highest BCUT2D eigenvalue weighted by Crippen LogP contribution is 2.15. The van der Waals surface area contributed by atoms with Crippen LogP contribution >= 0.6 is 11.6 Å². The number of aliphatic hydroxyl groups excluding tert-OH is 1. The lowest BCUT2D eigenvalue weighted by Gasteiger charge is -2.17. The van der Waals surface area contributed by atoms with Crippen LogP contribution in [0.3, 0.4) is 0 Å². The minimum Gasteiger partial charge on any atom is -0.491 e. The number of nitrogens with zero attached hydrogens (tertiary/aromatic N) is 1. The van der Waals surface area contributed by atoms with E-state index >= 15 is 0 Å². The molecule has 2 N–H and O–H groups in total. The number of amides is 3. The Hall–Kier alpha value is -1.83. The Morgan fingerprint density at radius 1 is 1.27 bits per heavy atom. The number of hydrogen-bond donors (Lipinski definition) is 2. The van der Waals surface area contributed by atoms with Gasteiger partial charge in [0.15, 0.2) is 0 Å². The highest BCUT2D eigenvalue weighted by molar-refractivity contribution is 6.30. The second-order valence-electron chi connectivity index (χ2n) is 4.69. The second-order valence-corrected chi connectivity index (χ2v) is 5.13. The van der Waals surface area contributed by atoms with E-state index in [1.54, 1.807) is 24.3 Å². The lowest BCUT2D eigenvalue weighted by atomic mass is 10.3. The molecule has 0 aromatic heterocycles. The third kappa shape index (κ3) is 4.87. The quantitative estimate of drug-likeness (QED) is 0.540. The molecule has 3 amide bonds. The molecule has 7 nitrogen and oxygen atoms in total. The van der Waals surface area contributed by atoms with Crippen LogP contribution in [0.4, 0.5) is 4.79 Å². The van der Waals surface area contributed by atoms with E-state index < -0.39 is 12.1 Å². The van der Waals surface area contributed by atoms with E-state index in [1.807, 2.05) is 0 Å². The molecule has 0 spiro atoms. The zero-order chi connectivity index (χ0) is 15.9. The fraction of sp³-hybridized carbons (Fsp3) is 0.429. The van der Waals surface area contributed by atoms with Crippen molar-refractivity contribution in [1.29, 1.82) is 0 Å². The van der Waals surface area contributed by atoms with Crippen molar-refractivity contribution in [3.63, 3.8) is 0 Å². The van der Waals surface area contributed by atoms with Crippen molar-refractivity contribution in [2.24, 2.45) is 0 Å². The number of β-amino-alcohol motifs (C(OH)–C–C–N with tert-alkyl or cyclic N) is 1. The van der Waals surface area contributed by atoms with E-state index in [0.29, 0.717) is 17.4 Å². The number of rotatable bonds is 8. The summed E-state index contributed by atoms with van der Waals surface area (Å²) in [5.41, 5.74) is 0. The second kappa shape index (κ2) is 7.98. The summed E-state index contributed by atoms with van der Waals surface area (Å²) in [5.74, 6) is 0.322. The average molecular weight is 329 g/mol. The van der Waals surface area contributed by atoms with Crippen molar-refractivity contribution in [2.75, 3.05) is 32.9 Å². The fourth-order valence-electron chi connectivity index (χ4n) is 1.87. The summed E-state index contributed by atoms with van der Waals surface area (Å²) >= 11 is 5.76. The maximum atomic E-state index is 11.3. The molecule has 0 radical (unpaired) electrons. The van der Waals surface area contributed by atoms with Gasteiger partial charge in [0.25, 0.3) is 0 Å². The molecule has 1 atom stereocenters. The number of halogens is 1. The van der Waals surface area contributed by atoms with Gasteiger partial charge in [0.05, 0.1) is 32.4 Å². The van der Waals surface area contributed by atoms with Crippen molar-refractivity contribution < 1.29 is 24.2 Å². The van der Waals surface area contributed by atoms with Gasteiger partial charge < -0.3 is 19.9 Å². The van der Waals surface area contributed by atoms with Gasteiger partial charge in [0.1, 0.15) is 12.4 Å². The van der Waals surface area contributed by atoms with Crippen molar-refractivity contribution >= 4 is 23.5 Å². The third-order valence-electron chi connectivity index (χ3n) is 2.95. The van der Waals surface area contributed by atoms with Crippen LogP contribution in [-0.2, 0) is 9.53 Å². The molecule has 1 heterocycles. The summed E-state index contributed by atoms with van der Waals surface area (Å²) in [5, 5.41) is 12.7. The summed E-state index contributed by atoms with van der Waals surface area (Å²) in [6.07, 6.45) is -0.927. The third-order valence-corrected chi connectivity index (χ3v) is 3.20. The molecular formula is C14H17ClN2O5. The largest absolute Gasteiger partial charge is 0.491 e. The van der Waals surface area contributed by atoms with Crippen LogP contribution in [0.15, 0.2) is 24.3 Å². The predicted octanol–water partition coefficient (Wildman–Crippen LogP) is 0.648. The van der Waals surface area contributed by atoms with Crippen molar-refractivity contribution in [2.45, 2.75) is 6.10 Å². The number of ether oxygens (including phenoxy) is 2. The maximum Gasteiger partial charge on any atom is 0.324 e. The minimum absolute atomic E-state index is 0.0149. The van der Waals surface area contributed by atoms with E-state index in [-0.39, 0.29) is 32.2 Å². The average Bonchev–Trinajstić information content (AvgIpc) is 2.81. The van der Waals surface area contributed by atoms with Gasteiger partial charge in [-0.1, -0.05) is 11.6 Å². The summed E-state index contributed by atoms with van der Waals surface area (Å²) < 4.78 is 10.7. The Bertz CT molecular complexity index is 506. The molecular weight excluding hydrogens is 312 g/mol. The normalized spacial score (nSPS) is 15.8. The number of nitrogens with one attached hydrogen (secondary N) is 1. The van der Waals surface area contributed by atoms with E-state index in [4.69, 9.17) is 21.1 Å². The molecule has 1 fully saturated rings. The van der Waals surface area contributed by atoms with Gasteiger partial charge in [-0.15, -0.1) is 0 Å². The molecule has 120 valence electrons. The Kier molecular flexibility index (Phi) is 6.00. The molecule has 2 rings (SSSR count). The first kappa shape index (κ1) is 16.5. The highest BCUT2D eigenvalue weighted by atomic mass is 35.5. The molecule has 1 aromatic rings. The first-order valence-electron chi connectivity index (χ1n) is 6.78. The lowest BCUT2D eigenvalue weighted by molar-refractivity contribution is -0.126. The highest BCUT2D eigenvalue weighted by Gasteiger charge is 2.29. The number of imide groups is 1. The smallest absolute Gasteiger partial charge is 0.324 e. The SMILES string of the molecule is O=C1CNC(=O)N1CC(O)COCCOc1ccc(Cl)cc1. The molecule has 0 bridgehead atoms. The van der Waals surface area contributed by atoms with Gasteiger partial charge in [-0.2, -0.15) is 0 Å². The summed E-state index contributed by atoms with van der Waals surface area (Å²) in [6.45, 7) is 0.502. The minimum atomic E-state index is -0.927. The predicted molar refractivity (Wildman–Crippen MR) is 78.9 cm³/mol. The van der Waals surface area contributed by atoms with Crippen LogP contribution in [0.5, 0.6) is 5.75 Å². The Morgan fingerprint density at radius 2 is 2.00 bits per heavy atom. The molecule has 1 aliphatic rings. The van der Waals surface area contributed by atoms with Crippen LogP contribution in [0.2, 0.25) is 5.02 Å². The Morgan fingerprint density at radius 3 is 2.64 bits per heavy atom. The first-order chi connectivity index (χ1) is 10.6. The zero-order valence-corrected chi connectivity index (χ0v) is 12.6. The number of aliphatic hydroxyl groups is 1. The molecule has 8 heteroatoms. The fourth-order valence-corrected chi connectivity index (χ4v) is 2.00. The van der Waals surface area contributed by atoms with Gasteiger partial charge >= 0.3 is 6.03 Å². The lowest BCUT2D eigenvalue weighted by Crippen LogP contribution is -2.39. The monoisotopic (exact) mass is 328 g/mol. The van der Waals surface area contributed by atoms with Gasteiger partial charge in [-0.25, -0.2) is 4.79 Å². The van der Waals surface area contributed by atoms with Gasteiger partial charge in [-0.05, 0) is 24.3 Å². The maximum absolute atomic E-state index is 11.3. The summed E-state index contributed by atoms with van der Waals surface area (Å²) in [6, 6.07) is 6.44.